The maximum atomic E-state index is 10.6. The quantitative estimate of drug-likeness (QED) is 0.321. The second-order valence-electron chi connectivity index (χ2n) is 9.55. The van der Waals surface area contributed by atoms with E-state index in [0.29, 0.717) is 0 Å². The lowest BCUT2D eigenvalue weighted by Crippen LogP contribution is -2.24. The SMILES string of the molecule is C=C(O)[C@@H](OC(C)(C)C)c1c(C)cc2nc(C)ccc2c1-c1ccc(-c2ccccc2)cc1. The molecule has 3 aromatic carbocycles. The smallest absolute Gasteiger partial charge is 0.140 e. The van der Waals surface area contributed by atoms with Crippen molar-refractivity contribution < 1.29 is 9.84 Å². The van der Waals surface area contributed by atoms with Crippen molar-refractivity contribution in [3.63, 3.8) is 0 Å². The average Bonchev–Trinajstić information content (AvgIpc) is 2.77. The number of aryl methyl sites for hydroxylation is 2. The van der Waals surface area contributed by atoms with Crippen LogP contribution in [0.4, 0.5) is 0 Å². The maximum Gasteiger partial charge on any atom is 0.140 e. The Kier molecular flexibility index (Phi) is 6.09. The molecule has 0 saturated heterocycles. The molecular weight excluding hydrogens is 406 g/mol. The molecule has 4 aromatic rings. The summed E-state index contributed by atoms with van der Waals surface area (Å²) in [5, 5.41) is 11.6. The van der Waals surface area contributed by atoms with Crippen molar-refractivity contribution in [2.24, 2.45) is 0 Å². The molecule has 1 heterocycles. The predicted octanol–water partition coefficient (Wildman–Crippen LogP) is 8.11. The van der Waals surface area contributed by atoms with E-state index in [1.165, 1.54) is 5.56 Å². The molecule has 168 valence electrons. The number of hydrogen-bond acceptors (Lipinski definition) is 3. The third kappa shape index (κ3) is 4.84. The molecule has 0 aliphatic rings. The first kappa shape index (κ1) is 22.8. The number of aromatic nitrogens is 1. The Morgan fingerprint density at radius 1 is 0.879 bits per heavy atom. The van der Waals surface area contributed by atoms with E-state index in [1.807, 2.05) is 58.9 Å². The summed E-state index contributed by atoms with van der Waals surface area (Å²) in [6.07, 6.45) is -0.653. The molecule has 0 radical (unpaired) electrons. The molecule has 0 fully saturated rings. The number of aliphatic hydroxyl groups excluding tert-OH is 1. The summed E-state index contributed by atoms with van der Waals surface area (Å²) in [4.78, 5) is 4.78. The first-order valence-electron chi connectivity index (χ1n) is 11.3. The van der Waals surface area contributed by atoms with Gasteiger partial charge in [0, 0.05) is 11.1 Å². The fourth-order valence-electron chi connectivity index (χ4n) is 4.28. The van der Waals surface area contributed by atoms with Crippen LogP contribution in [0.5, 0.6) is 0 Å². The molecule has 0 amide bonds. The number of benzene rings is 3. The summed E-state index contributed by atoms with van der Waals surface area (Å²) in [6, 6.07) is 25.1. The molecule has 0 spiro atoms. The predicted molar refractivity (Wildman–Crippen MR) is 137 cm³/mol. The van der Waals surface area contributed by atoms with E-state index in [-0.39, 0.29) is 5.76 Å². The van der Waals surface area contributed by atoms with Crippen LogP contribution in [-0.4, -0.2) is 15.7 Å². The fourth-order valence-corrected chi connectivity index (χ4v) is 4.28. The molecule has 0 unspecified atom stereocenters. The van der Waals surface area contributed by atoms with Gasteiger partial charge < -0.3 is 9.84 Å². The number of aliphatic hydroxyl groups is 1. The van der Waals surface area contributed by atoms with Gasteiger partial charge in [-0.15, -0.1) is 0 Å². The number of fused-ring (bicyclic) bond motifs is 1. The monoisotopic (exact) mass is 437 g/mol. The van der Waals surface area contributed by atoms with Gasteiger partial charge in [0.25, 0.3) is 0 Å². The highest BCUT2D eigenvalue weighted by atomic mass is 16.5. The van der Waals surface area contributed by atoms with Crippen molar-refractivity contribution in [1.82, 2.24) is 4.98 Å². The number of ether oxygens (including phenoxy) is 1. The normalized spacial score (nSPS) is 12.6. The lowest BCUT2D eigenvalue weighted by Gasteiger charge is -2.30. The van der Waals surface area contributed by atoms with Crippen molar-refractivity contribution in [3.8, 4) is 22.3 Å². The Bertz CT molecular complexity index is 1300. The zero-order valence-electron chi connectivity index (χ0n) is 20.0. The average molecular weight is 438 g/mol. The van der Waals surface area contributed by atoms with E-state index in [9.17, 15) is 5.11 Å². The minimum Gasteiger partial charge on any atom is -0.510 e. The molecule has 1 N–H and O–H groups in total. The van der Waals surface area contributed by atoms with Gasteiger partial charge in [0.2, 0.25) is 0 Å². The highest BCUT2D eigenvalue weighted by molar-refractivity contribution is 5.98. The van der Waals surface area contributed by atoms with Crippen LogP contribution in [0.15, 0.2) is 85.1 Å². The highest BCUT2D eigenvalue weighted by Gasteiger charge is 2.28. The Hall–Kier alpha value is -3.43. The fraction of sp³-hybridized carbons (Fsp3) is 0.233. The van der Waals surface area contributed by atoms with Crippen LogP contribution in [0.2, 0.25) is 0 Å². The van der Waals surface area contributed by atoms with Crippen LogP contribution in [0.1, 0.15) is 43.7 Å². The van der Waals surface area contributed by atoms with E-state index in [4.69, 9.17) is 9.72 Å². The summed E-state index contributed by atoms with van der Waals surface area (Å²) in [5.41, 5.74) is 7.75. The minimum absolute atomic E-state index is 0.00500. The van der Waals surface area contributed by atoms with Crippen molar-refractivity contribution in [1.29, 1.82) is 0 Å². The van der Waals surface area contributed by atoms with Crippen molar-refractivity contribution in [2.45, 2.75) is 46.3 Å². The van der Waals surface area contributed by atoms with Gasteiger partial charge in [-0.25, -0.2) is 0 Å². The second kappa shape index (κ2) is 8.84. The number of pyridine rings is 1. The molecular formula is C30H31NO2. The van der Waals surface area contributed by atoms with Crippen molar-refractivity contribution in [3.05, 3.63) is 102 Å². The molecule has 0 aliphatic heterocycles. The third-order valence-corrected chi connectivity index (χ3v) is 5.70. The van der Waals surface area contributed by atoms with Crippen LogP contribution < -0.4 is 0 Å². The van der Waals surface area contributed by atoms with Gasteiger partial charge in [0.15, 0.2) is 0 Å². The summed E-state index contributed by atoms with van der Waals surface area (Å²) >= 11 is 0. The molecule has 0 aliphatic carbocycles. The van der Waals surface area contributed by atoms with Gasteiger partial charge in [-0.3, -0.25) is 4.98 Å². The first-order valence-corrected chi connectivity index (χ1v) is 11.3. The number of rotatable bonds is 5. The van der Waals surface area contributed by atoms with Gasteiger partial charge in [-0.05, 0) is 80.1 Å². The van der Waals surface area contributed by atoms with Crippen LogP contribution in [-0.2, 0) is 4.74 Å². The van der Waals surface area contributed by atoms with Gasteiger partial charge in [0.05, 0.1) is 11.1 Å². The molecule has 3 nitrogen and oxygen atoms in total. The number of nitrogens with zero attached hydrogens (tertiary/aromatic N) is 1. The molecule has 4 rings (SSSR count). The molecule has 3 heteroatoms. The maximum absolute atomic E-state index is 10.6. The largest absolute Gasteiger partial charge is 0.510 e. The lowest BCUT2D eigenvalue weighted by atomic mass is 9.87. The minimum atomic E-state index is -0.653. The molecule has 1 atom stereocenters. The number of hydrogen-bond donors (Lipinski definition) is 1. The van der Waals surface area contributed by atoms with Crippen molar-refractivity contribution >= 4 is 10.9 Å². The Balaban J connectivity index is 1.97. The second-order valence-corrected chi connectivity index (χ2v) is 9.55. The zero-order chi connectivity index (χ0) is 23.8. The van der Waals surface area contributed by atoms with E-state index >= 15 is 0 Å². The van der Waals surface area contributed by atoms with Crippen LogP contribution in [0.3, 0.4) is 0 Å². The zero-order valence-corrected chi connectivity index (χ0v) is 20.0. The molecule has 0 saturated carbocycles. The standard InChI is InChI=1S/C30H31NO2/c1-19-18-26-25(17-12-20(2)31-26)28(27(19)29(21(3)32)33-30(4,5)6)24-15-13-23(14-16-24)22-10-8-7-9-11-22/h7-18,29,32H,3H2,1-2,4-6H3/t29-/m1/s1. The molecule has 0 bridgehead atoms. The van der Waals surface area contributed by atoms with Crippen LogP contribution in [0.25, 0.3) is 33.2 Å². The summed E-state index contributed by atoms with van der Waals surface area (Å²) in [5.74, 6) is -0.00500. The van der Waals surface area contributed by atoms with E-state index in [0.717, 1.165) is 44.4 Å². The van der Waals surface area contributed by atoms with Gasteiger partial charge in [0.1, 0.15) is 11.9 Å². The van der Waals surface area contributed by atoms with E-state index in [2.05, 4.69) is 55.1 Å². The van der Waals surface area contributed by atoms with E-state index < -0.39 is 11.7 Å². The molecule has 1 aromatic heterocycles. The Morgan fingerprint density at radius 3 is 2.09 bits per heavy atom. The third-order valence-electron chi connectivity index (χ3n) is 5.70. The summed E-state index contributed by atoms with van der Waals surface area (Å²) < 4.78 is 6.32. The summed E-state index contributed by atoms with van der Waals surface area (Å²) in [6.45, 7) is 13.9. The van der Waals surface area contributed by atoms with Gasteiger partial charge in [-0.2, -0.15) is 0 Å². The first-order chi connectivity index (χ1) is 15.6. The Labute approximate surface area is 196 Å². The van der Waals surface area contributed by atoms with Gasteiger partial charge >= 0.3 is 0 Å². The lowest BCUT2D eigenvalue weighted by molar-refractivity contribution is -0.0594. The molecule has 33 heavy (non-hydrogen) atoms. The Morgan fingerprint density at radius 2 is 1.48 bits per heavy atom. The van der Waals surface area contributed by atoms with E-state index in [1.54, 1.807) is 0 Å². The highest BCUT2D eigenvalue weighted by Crippen LogP contribution is 2.42. The topological polar surface area (TPSA) is 42.4 Å². The van der Waals surface area contributed by atoms with Crippen LogP contribution in [0, 0.1) is 13.8 Å². The van der Waals surface area contributed by atoms with Crippen molar-refractivity contribution in [2.75, 3.05) is 0 Å². The van der Waals surface area contributed by atoms with Gasteiger partial charge in [-0.1, -0.05) is 67.2 Å². The van der Waals surface area contributed by atoms with Crippen LogP contribution >= 0.6 is 0 Å². The summed E-state index contributed by atoms with van der Waals surface area (Å²) in [7, 11) is 0.